The molecule has 0 aromatic heterocycles. The van der Waals surface area contributed by atoms with Crippen LogP contribution in [-0.2, 0) is 0 Å². The Labute approximate surface area is 79.8 Å². The number of ether oxygens (including phenoxy) is 1. The highest BCUT2D eigenvalue weighted by atomic mass is 19.3. The van der Waals surface area contributed by atoms with Gasteiger partial charge in [0.2, 0.25) is 0 Å². The molecule has 0 aliphatic rings. The molecule has 0 fully saturated rings. The number of halogens is 3. The van der Waals surface area contributed by atoms with Crippen molar-refractivity contribution in [1.29, 1.82) is 0 Å². The van der Waals surface area contributed by atoms with Crippen LogP contribution in [0.1, 0.15) is 6.42 Å². The number of rotatable bonds is 4. The van der Waals surface area contributed by atoms with Gasteiger partial charge in [0, 0.05) is 6.42 Å². The Bertz CT molecular complexity index is 304. The molecule has 0 aliphatic heterocycles. The second kappa shape index (κ2) is 5.32. The van der Waals surface area contributed by atoms with E-state index in [2.05, 4.69) is 0 Å². The SMILES string of the molecule is FC(F)=C(F)CCOc1ccccc1. The maximum atomic E-state index is 12.3. The Kier molecular flexibility index (Phi) is 4.04. The molecule has 0 saturated carbocycles. The van der Waals surface area contributed by atoms with Gasteiger partial charge in [0.15, 0.2) is 5.83 Å². The molecule has 76 valence electrons. The minimum Gasteiger partial charge on any atom is -0.493 e. The summed E-state index contributed by atoms with van der Waals surface area (Å²) in [5.74, 6) is -0.875. The summed E-state index contributed by atoms with van der Waals surface area (Å²) in [6.07, 6.45) is -2.68. The number of hydrogen-bond acceptors (Lipinski definition) is 1. The summed E-state index contributed by atoms with van der Waals surface area (Å²) < 4.78 is 40.5. The van der Waals surface area contributed by atoms with Crippen molar-refractivity contribution in [2.45, 2.75) is 6.42 Å². The standard InChI is InChI=1S/C10H9F3O/c11-9(10(12)13)6-7-14-8-4-2-1-3-5-8/h1-5H,6-7H2. The second-order valence-corrected chi connectivity index (χ2v) is 2.58. The van der Waals surface area contributed by atoms with Gasteiger partial charge in [-0.1, -0.05) is 18.2 Å². The van der Waals surface area contributed by atoms with Crippen LogP contribution in [0.4, 0.5) is 13.2 Å². The first-order valence-electron chi connectivity index (χ1n) is 4.07. The fourth-order valence-corrected chi connectivity index (χ4v) is 0.870. The highest BCUT2D eigenvalue weighted by Crippen LogP contribution is 2.14. The first kappa shape index (κ1) is 10.6. The highest BCUT2D eigenvalue weighted by Gasteiger charge is 2.04. The smallest absolute Gasteiger partial charge is 0.301 e. The van der Waals surface area contributed by atoms with Crippen LogP contribution in [-0.4, -0.2) is 6.61 Å². The van der Waals surface area contributed by atoms with E-state index in [0.29, 0.717) is 5.75 Å². The Morgan fingerprint density at radius 2 is 1.71 bits per heavy atom. The van der Waals surface area contributed by atoms with E-state index in [4.69, 9.17) is 4.74 Å². The van der Waals surface area contributed by atoms with Gasteiger partial charge in [0.1, 0.15) is 5.75 Å². The lowest BCUT2D eigenvalue weighted by Crippen LogP contribution is -1.97. The van der Waals surface area contributed by atoms with E-state index in [-0.39, 0.29) is 6.61 Å². The van der Waals surface area contributed by atoms with Crippen molar-refractivity contribution >= 4 is 0 Å². The predicted octanol–water partition coefficient (Wildman–Crippen LogP) is 3.53. The largest absolute Gasteiger partial charge is 0.493 e. The van der Waals surface area contributed by atoms with Crippen LogP contribution in [0, 0.1) is 0 Å². The average Bonchev–Trinajstić information content (AvgIpc) is 2.19. The van der Waals surface area contributed by atoms with Crippen LogP contribution in [0.25, 0.3) is 0 Å². The summed E-state index contributed by atoms with van der Waals surface area (Å²) in [6.45, 7) is -0.0901. The zero-order chi connectivity index (χ0) is 10.4. The minimum atomic E-state index is -2.28. The molecule has 1 rings (SSSR count). The van der Waals surface area contributed by atoms with Crippen molar-refractivity contribution in [2.24, 2.45) is 0 Å². The van der Waals surface area contributed by atoms with Gasteiger partial charge in [-0.3, -0.25) is 0 Å². The van der Waals surface area contributed by atoms with Crippen LogP contribution in [0.5, 0.6) is 5.75 Å². The van der Waals surface area contributed by atoms with Gasteiger partial charge in [-0.05, 0) is 12.1 Å². The zero-order valence-electron chi connectivity index (χ0n) is 7.34. The minimum absolute atomic E-state index is 0.0901. The third-order valence-corrected chi connectivity index (χ3v) is 1.54. The molecule has 0 atom stereocenters. The molecule has 0 amide bonds. The Balaban J connectivity index is 2.33. The molecule has 0 aliphatic carbocycles. The van der Waals surface area contributed by atoms with Gasteiger partial charge >= 0.3 is 6.08 Å². The third kappa shape index (κ3) is 3.51. The van der Waals surface area contributed by atoms with Gasteiger partial charge in [-0.15, -0.1) is 0 Å². The van der Waals surface area contributed by atoms with Gasteiger partial charge < -0.3 is 4.74 Å². The maximum absolute atomic E-state index is 12.3. The predicted molar refractivity (Wildman–Crippen MR) is 46.9 cm³/mol. The number of para-hydroxylation sites is 1. The first-order chi connectivity index (χ1) is 6.70. The summed E-state index contributed by atoms with van der Waals surface area (Å²) in [7, 11) is 0. The average molecular weight is 202 g/mol. The van der Waals surface area contributed by atoms with Gasteiger partial charge in [0.05, 0.1) is 6.61 Å². The van der Waals surface area contributed by atoms with Crippen molar-refractivity contribution in [2.75, 3.05) is 6.61 Å². The van der Waals surface area contributed by atoms with Crippen molar-refractivity contribution < 1.29 is 17.9 Å². The molecule has 0 saturated heterocycles. The van der Waals surface area contributed by atoms with E-state index in [9.17, 15) is 13.2 Å². The third-order valence-electron chi connectivity index (χ3n) is 1.54. The van der Waals surface area contributed by atoms with Crippen molar-refractivity contribution in [1.82, 2.24) is 0 Å². The molecular weight excluding hydrogens is 193 g/mol. The molecule has 0 radical (unpaired) electrons. The molecule has 4 heteroatoms. The topological polar surface area (TPSA) is 9.23 Å². The second-order valence-electron chi connectivity index (χ2n) is 2.58. The molecule has 0 bridgehead atoms. The van der Waals surface area contributed by atoms with Crippen molar-refractivity contribution in [3.63, 3.8) is 0 Å². The summed E-state index contributed by atoms with van der Waals surface area (Å²) in [6, 6.07) is 8.64. The summed E-state index contributed by atoms with van der Waals surface area (Å²) in [5, 5.41) is 0. The monoisotopic (exact) mass is 202 g/mol. The summed E-state index contributed by atoms with van der Waals surface area (Å²) in [5.41, 5.74) is 0. The number of benzene rings is 1. The van der Waals surface area contributed by atoms with Gasteiger partial charge in [-0.25, -0.2) is 4.39 Å². The van der Waals surface area contributed by atoms with Crippen molar-refractivity contribution in [3.05, 3.63) is 42.2 Å². The van der Waals surface area contributed by atoms with Crippen LogP contribution in [0.3, 0.4) is 0 Å². The van der Waals surface area contributed by atoms with E-state index < -0.39 is 18.3 Å². The molecule has 1 nitrogen and oxygen atoms in total. The molecule has 1 aromatic carbocycles. The molecule has 0 unspecified atom stereocenters. The molecule has 0 N–H and O–H groups in total. The van der Waals surface area contributed by atoms with E-state index in [1.54, 1.807) is 30.3 Å². The Hall–Kier alpha value is -1.45. The highest BCUT2D eigenvalue weighted by molar-refractivity contribution is 5.20. The first-order valence-corrected chi connectivity index (χ1v) is 4.07. The van der Waals surface area contributed by atoms with E-state index in [0.717, 1.165) is 0 Å². The summed E-state index contributed by atoms with van der Waals surface area (Å²) >= 11 is 0. The molecule has 1 aromatic rings. The lowest BCUT2D eigenvalue weighted by atomic mass is 10.3. The van der Waals surface area contributed by atoms with Crippen LogP contribution in [0.15, 0.2) is 42.2 Å². The lowest BCUT2D eigenvalue weighted by molar-refractivity contribution is 0.295. The lowest BCUT2D eigenvalue weighted by Gasteiger charge is -2.03. The molecule has 0 spiro atoms. The summed E-state index contributed by atoms with van der Waals surface area (Å²) in [4.78, 5) is 0. The Morgan fingerprint density at radius 1 is 1.07 bits per heavy atom. The fraction of sp³-hybridized carbons (Fsp3) is 0.200. The quantitative estimate of drug-likeness (QED) is 0.725. The molecular formula is C10H9F3O. The fourth-order valence-electron chi connectivity index (χ4n) is 0.870. The van der Waals surface area contributed by atoms with Crippen LogP contribution in [0.2, 0.25) is 0 Å². The van der Waals surface area contributed by atoms with Gasteiger partial charge in [-0.2, -0.15) is 8.78 Å². The van der Waals surface area contributed by atoms with E-state index >= 15 is 0 Å². The van der Waals surface area contributed by atoms with Crippen molar-refractivity contribution in [3.8, 4) is 5.75 Å². The molecule has 14 heavy (non-hydrogen) atoms. The normalized spacial score (nSPS) is 9.64. The number of hydrogen-bond donors (Lipinski definition) is 0. The maximum Gasteiger partial charge on any atom is 0.301 e. The van der Waals surface area contributed by atoms with Gasteiger partial charge in [0.25, 0.3) is 0 Å². The molecule has 0 heterocycles. The zero-order valence-corrected chi connectivity index (χ0v) is 7.34. The van der Waals surface area contributed by atoms with Crippen LogP contribution < -0.4 is 4.74 Å². The Morgan fingerprint density at radius 3 is 2.29 bits per heavy atom. The van der Waals surface area contributed by atoms with E-state index in [1.165, 1.54) is 0 Å². The van der Waals surface area contributed by atoms with E-state index in [1.807, 2.05) is 0 Å². The van der Waals surface area contributed by atoms with Crippen LogP contribution >= 0.6 is 0 Å².